The van der Waals surface area contributed by atoms with Crippen LogP contribution in [0.25, 0.3) is 0 Å². The predicted octanol–water partition coefficient (Wildman–Crippen LogP) is 2.72. The van der Waals surface area contributed by atoms with Crippen LogP contribution in [0.5, 0.6) is 0 Å². The van der Waals surface area contributed by atoms with Gasteiger partial charge in [0.1, 0.15) is 5.82 Å². The number of hydrogen-bond donors (Lipinski definition) is 3. The van der Waals surface area contributed by atoms with Crippen LogP contribution in [0.1, 0.15) is 37.7 Å². The molecule has 2 aliphatic heterocycles. The number of halogens is 1. The van der Waals surface area contributed by atoms with Gasteiger partial charge in [0.05, 0.1) is 11.5 Å². The van der Waals surface area contributed by atoms with Crippen LogP contribution >= 0.6 is 11.6 Å². The van der Waals surface area contributed by atoms with Crippen LogP contribution in [0.3, 0.4) is 0 Å². The van der Waals surface area contributed by atoms with E-state index in [2.05, 4.69) is 27.5 Å². The van der Waals surface area contributed by atoms with Crippen molar-refractivity contribution in [3.8, 4) is 0 Å². The zero-order valence-electron chi connectivity index (χ0n) is 16.0. The maximum atomic E-state index is 12.8. The van der Waals surface area contributed by atoms with Gasteiger partial charge < -0.3 is 15.5 Å². The first-order valence-electron chi connectivity index (χ1n) is 9.66. The first kappa shape index (κ1) is 19.4. The van der Waals surface area contributed by atoms with Crippen LogP contribution < -0.4 is 21.1 Å². The van der Waals surface area contributed by atoms with Gasteiger partial charge >= 0.3 is 0 Å². The second-order valence-corrected chi connectivity index (χ2v) is 8.06. The van der Waals surface area contributed by atoms with Crippen molar-refractivity contribution in [2.24, 2.45) is 5.92 Å². The molecule has 2 aromatic rings. The van der Waals surface area contributed by atoms with E-state index in [1.807, 2.05) is 4.90 Å². The van der Waals surface area contributed by atoms with Crippen molar-refractivity contribution in [2.75, 3.05) is 28.6 Å². The first-order chi connectivity index (χ1) is 13.9. The van der Waals surface area contributed by atoms with Crippen molar-refractivity contribution in [3.63, 3.8) is 0 Å². The van der Waals surface area contributed by atoms with Crippen molar-refractivity contribution in [1.29, 1.82) is 0 Å². The fourth-order valence-corrected chi connectivity index (χ4v) is 3.84. The number of H-pyrrole nitrogens is 1. The molecule has 2 aliphatic rings. The Labute approximate surface area is 172 Å². The minimum absolute atomic E-state index is 0.113. The number of fused-ring (bicyclic) bond motifs is 1. The van der Waals surface area contributed by atoms with E-state index in [4.69, 9.17) is 11.6 Å². The standard InChI is InChI=1S/C20H22ClN5O3/c1-11-6-8-26(9-7-11)20-24-17-16(19(29)25-20)14(10-15(27)23-17)18(28)22-13-4-2-12(21)3-5-13/h2-5,11,14H,6-10H2,1H3,(H,22,28)(H2,23,24,25,27,29)/t14-/m0/s1. The van der Waals surface area contributed by atoms with Crippen LogP contribution in [0.2, 0.25) is 5.02 Å². The number of carbonyl (C=O) groups excluding carboxylic acids is 2. The molecular formula is C20H22ClN5O3. The number of nitrogens with one attached hydrogen (secondary N) is 3. The Balaban J connectivity index is 1.62. The molecule has 0 saturated carbocycles. The number of rotatable bonds is 3. The Bertz CT molecular complexity index is 996. The third-order valence-corrected chi connectivity index (χ3v) is 5.70. The lowest BCUT2D eigenvalue weighted by atomic mass is 9.92. The Hall–Kier alpha value is -2.87. The van der Waals surface area contributed by atoms with Gasteiger partial charge in [0.15, 0.2) is 0 Å². The highest BCUT2D eigenvalue weighted by molar-refractivity contribution is 6.30. The van der Waals surface area contributed by atoms with Crippen molar-refractivity contribution >= 4 is 40.9 Å². The molecule has 29 heavy (non-hydrogen) atoms. The molecule has 0 bridgehead atoms. The largest absolute Gasteiger partial charge is 0.342 e. The first-order valence-corrected chi connectivity index (χ1v) is 10.0. The van der Waals surface area contributed by atoms with Crippen molar-refractivity contribution in [3.05, 3.63) is 45.2 Å². The maximum absolute atomic E-state index is 12.8. The second kappa shape index (κ2) is 7.87. The van der Waals surface area contributed by atoms with Gasteiger partial charge in [-0.05, 0) is 43.0 Å². The summed E-state index contributed by atoms with van der Waals surface area (Å²) < 4.78 is 0. The van der Waals surface area contributed by atoms with Gasteiger partial charge in [-0.15, -0.1) is 0 Å². The number of aromatic amines is 1. The zero-order valence-corrected chi connectivity index (χ0v) is 16.8. The van der Waals surface area contributed by atoms with E-state index in [9.17, 15) is 14.4 Å². The number of piperidine rings is 1. The Morgan fingerprint density at radius 1 is 1.21 bits per heavy atom. The summed E-state index contributed by atoms with van der Waals surface area (Å²) in [5.41, 5.74) is 0.320. The minimum Gasteiger partial charge on any atom is -0.342 e. The zero-order chi connectivity index (χ0) is 20.5. The summed E-state index contributed by atoms with van der Waals surface area (Å²) in [5, 5.41) is 5.94. The molecule has 152 valence electrons. The summed E-state index contributed by atoms with van der Waals surface area (Å²) in [4.78, 5) is 47.1. The summed E-state index contributed by atoms with van der Waals surface area (Å²) in [7, 11) is 0. The molecular weight excluding hydrogens is 394 g/mol. The molecule has 1 aromatic heterocycles. The molecule has 4 rings (SSSR count). The fourth-order valence-electron chi connectivity index (χ4n) is 3.72. The SMILES string of the molecule is CC1CCN(c2nc3c(c(=O)[nH]2)[C@@H](C(=O)Nc2ccc(Cl)cc2)CC(=O)N3)CC1. The number of carbonyl (C=O) groups is 2. The highest BCUT2D eigenvalue weighted by Crippen LogP contribution is 2.31. The molecule has 3 heterocycles. The molecule has 8 nitrogen and oxygen atoms in total. The molecule has 1 saturated heterocycles. The normalized spacial score (nSPS) is 19.4. The number of nitrogens with zero attached hydrogens (tertiary/aromatic N) is 2. The summed E-state index contributed by atoms with van der Waals surface area (Å²) in [6.07, 6.45) is 1.91. The molecule has 0 radical (unpaired) electrons. The van der Waals surface area contributed by atoms with Crippen LogP contribution in [0.4, 0.5) is 17.5 Å². The van der Waals surface area contributed by atoms with Gasteiger partial charge in [0.2, 0.25) is 17.8 Å². The quantitative estimate of drug-likeness (QED) is 0.714. The molecule has 0 aliphatic carbocycles. The topological polar surface area (TPSA) is 107 Å². The lowest BCUT2D eigenvalue weighted by molar-refractivity contribution is -0.123. The molecule has 3 N–H and O–H groups in total. The van der Waals surface area contributed by atoms with E-state index in [-0.39, 0.29) is 23.7 Å². The van der Waals surface area contributed by atoms with E-state index in [0.717, 1.165) is 25.9 Å². The van der Waals surface area contributed by atoms with Crippen molar-refractivity contribution in [1.82, 2.24) is 9.97 Å². The highest BCUT2D eigenvalue weighted by Gasteiger charge is 2.35. The second-order valence-electron chi connectivity index (χ2n) is 7.62. The van der Waals surface area contributed by atoms with Gasteiger partial charge in [-0.2, -0.15) is 4.98 Å². The Morgan fingerprint density at radius 3 is 2.59 bits per heavy atom. The van der Waals surface area contributed by atoms with Crippen LogP contribution in [-0.2, 0) is 9.59 Å². The number of benzene rings is 1. The maximum Gasteiger partial charge on any atom is 0.258 e. The lowest BCUT2D eigenvalue weighted by Crippen LogP contribution is -2.39. The van der Waals surface area contributed by atoms with E-state index < -0.39 is 17.4 Å². The molecule has 2 amide bonds. The van der Waals surface area contributed by atoms with E-state index >= 15 is 0 Å². The van der Waals surface area contributed by atoms with Gasteiger partial charge in [-0.3, -0.25) is 19.4 Å². The minimum atomic E-state index is -0.916. The third kappa shape index (κ3) is 4.12. The molecule has 1 aromatic carbocycles. The van der Waals surface area contributed by atoms with Gasteiger partial charge in [0, 0.05) is 30.2 Å². The molecule has 0 unspecified atom stereocenters. The van der Waals surface area contributed by atoms with Gasteiger partial charge in [0.25, 0.3) is 5.56 Å². The fraction of sp³-hybridized carbons (Fsp3) is 0.400. The number of aromatic nitrogens is 2. The van der Waals surface area contributed by atoms with Crippen LogP contribution in [-0.4, -0.2) is 34.9 Å². The number of anilines is 3. The summed E-state index contributed by atoms with van der Waals surface area (Å²) >= 11 is 5.87. The average molecular weight is 416 g/mol. The van der Waals surface area contributed by atoms with E-state index in [0.29, 0.717) is 22.6 Å². The smallest absolute Gasteiger partial charge is 0.258 e. The predicted molar refractivity (Wildman–Crippen MR) is 112 cm³/mol. The van der Waals surface area contributed by atoms with Crippen molar-refractivity contribution in [2.45, 2.75) is 32.1 Å². The molecule has 1 atom stereocenters. The Morgan fingerprint density at radius 2 is 1.90 bits per heavy atom. The summed E-state index contributed by atoms with van der Waals surface area (Å²) in [6.45, 7) is 3.78. The highest BCUT2D eigenvalue weighted by atomic mass is 35.5. The van der Waals surface area contributed by atoms with Gasteiger partial charge in [-0.25, -0.2) is 0 Å². The van der Waals surface area contributed by atoms with Crippen LogP contribution in [0.15, 0.2) is 29.1 Å². The molecule has 0 spiro atoms. The van der Waals surface area contributed by atoms with Crippen molar-refractivity contribution < 1.29 is 9.59 Å². The average Bonchev–Trinajstić information content (AvgIpc) is 2.69. The third-order valence-electron chi connectivity index (χ3n) is 5.45. The summed E-state index contributed by atoms with van der Waals surface area (Å²) in [6, 6.07) is 6.62. The van der Waals surface area contributed by atoms with Crippen LogP contribution in [0, 0.1) is 5.92 Å². The number of amides is 2. The monoisotopic (exact) mass is 415 g/mol. The Kier molecular flexibility index (Phi) is 5.27. The van der Waals surface area contributed by atoms with E-state index in [1.54, 1.807) is 24.3 Å². The van der Waals surface area contributed by atoms with Gasteiger partial charge in [-0.1, -0.05) is 18.5 Å². The molecule has 1 fully saturated rings. The summed E-state index contributed by atoms with van der Waals surface area (Å²) in [5.74, 6) is -0.465. The van der Waals surface area contributed by atoms with E-state index in [1.165, 1.54) is 0 Å². The lowest BCUT2D eigenvalue weighted by Gasteiger charge is -2.31. The molecule has 9 heteroatoms. The number of hydrogen-bond acceptors (Lipinski definition) is 5.